The molecule has 6 N–H and O–H groups in total. The Morgan fingerprint density at radius 1 is 0.723 bits per heavy atom. The quantitative estimate of drug-likeness (QED) is 0.0439. The summed E-state index contributed by atoms with van der Waals surface area (Å²) in [4.78, 5) is 85.1. The van der Waals surface area contributed by atoms with E-state index in [-0.39, 0.29) is 19.5 Å². The topological polar surface area (TPSA) is 239 Å². The van der Waals surface area contributed by atoms with Crippen LogP contribution in [-0.4, -0.2) is 103 Å². The van der Waals surface area contributed by atoms with Crippen LogP contribution in [0.1, 0.15) is 79.4 Å². The lowest BCUT2D eigenvalue weighted by molar-refractivity contribution is -0.183. The molecule has 0 spiro atoms. The van der Waals surface area contributed by atoms with E-state index in [4.69, 9.17) is 29.4 Å². The summed E-state index contributed by atoms with van der Waals surface area (Å²) in [5.74, 6) is -2.51. The maximum atomic E-state index is 14.4. The van der Waals surface area contributed by atoms with Crippen LogP contribution in [0, 0.1) is 16.7 Å². The maximum absolute atomic E-state index is 14.4. The molecular weight excluding hydrogens is 839 g/mol. The van der Waals surface area contributed by atoms with E-state index in [0.29, 0.717) is 18.4 Å². The molecule has 354 valence electrons. The normalized spacial score (nSPS) is 15.5. The van der Waals surface area contributed by atoms with Gasteiger partial charge in [-0.25, -0.2) is 24.2 Å². The molecule has 0 bridgehead atoms. The van der Waals surface area contributed by atoms with Crippen LogP contribution in [0.15, 0.2) is 79.0 Å². The zero-order valence-electron chi connectivity index (χ0n) is 39.0. The number of esters is 1. The van der Waals surface area contributed by atoms with E-state index in [0.717, 1.165) is 16.8 Å². The number of carbonyl (C=O) groups excluding carboxylic acids is 6. The predicted molar refractivity (Wildman–Crippen MR) is 240 cm³/mol. The van der Waals surface area contributed by atoms with Crippen molar-refractivity contribution in [2.24, 2.45) is 22.5 Å². The number of benzene rings is 2. The second-order valence-corrected chi connectivity index (χ2v) is 18.6. The average molecular weight is 904 g/mol. The number of ether oxygens (including phenoxy) is 5. The molecule has 18 heteroatoms. The van der Waals surface area contributed by atoms with Crippen molar-refractivity contribution in [1.82, 2.24) is 31.4 Å². The van der Waals surface area contributed by atoms with Crippen LogP contribution in [0.25, 0.3) is 11.3 Å². The van der Waals surface area contributed by atoms with Crippen LogP contribution >= 0.6 is 0 Å². The van der Waals surface area contributed by atoms with Crippen molar-refractivity contribution in [1.29, 1.82) is 0 Å². The summed E-state index contributed by atoms with van der Waals surface area (Å²) < 4.78 is 27.1. The number of methoxy groups -OCH3 is 2. The van der Waals surface area contributed by atoms with E-state index in [2.05, 4.69) is 26.4 Å². The van der Waals surface area contributed by atoms with Gasteiger partial charge in [0.1, 0.15) is 23.7 Å². The SMILES string of the molecule is COC(=O)N[C@H](C(=O)N[C@@H](Cc1ccccc1)[C@H](CN(Cc1ccc(-c2ccccn2)cc1)NC(=O)[C@@H](NC(=O)OC)C(C)(C)C)OC(=O)OC(OC(=O)C1(N)CC1)C(C)C)C(C)(C)C. The van der Waals surface area contributed by atoms with E-state index >= 15 is 0 Å². The van der Waals surface area contributed by atoms with Crippen LogP contribution in [0.4, 0.5) is 14.4 Å². The number of alkyl carbamates (subject to hydrolysis) is 2. The van der Waals surface area contributed by atoms with Crippen molar-refractivity contribution >= 4 is 36.1 Å². The number of hydrogen-bond donors (Lipinski definition) is 5. The van der Waals surface area contributed by atoms with E-state index < -0.39 is 88.9 Å². The van der Waals surface area contributed by atoms with E-state index in [1.165, 1.54) is 19.2 Å². The van der Waals surface area contributed by atoms with Crippen molar-refractivity contribution in [3.8, 4) is 11.3 Å². The van der Waals surface area contributed by atoms with Crippen molar-refractivity contribution in [2.75, 3.05) is 20.8 Å². The molecule has 1 heterocycles. The molecular formula is C47H65N7O11. The van der Waals surface area contributed by atoms with Crippen molar-refractivity contribution in [3.63, 3.8) is 0 Å². The Morgan fingerprint density at radius 2 is 1.29 bits per heavy atom. The maximum Gasteiger partial charge on any atom is 0.511 e. The van der Waals surface area contributed by atoms with Crippen molar-refractivity contribution < 1.29 is 52.5 Å². The molecule has 4 amide bonds. The summed E-state index contributed by atoms with van der Waals surface area (Å²) in [7, 11) is 2.37. The number of aromatic nitrogens is 1. The van der Waals surface area contributed by atoms with Gasteiger partial charge < -0.3 is 45.4 Å². The molecule has 3 aromatic rings. The molecule has 18 nitrogen and oxygen atoms in total. The third-order valence-corrected chi connectivity index (χ3v) is 10.6. The monoisotopic (exact) mass is 903 g/mol. The second-order valence-electron chi connectivity index (χ2n) is 18.6. The minimum absolute atomic E-state index is 0.0174. The van der Waals surface area contributed by atoms with E-state index in [1.54, 1.807) is 61.6 Å². The Kier molecular flexibility index (Phi) is 17.8. The third-order valence-electron chi connectivity index (χ3n) is 10.6. The van der Waals surface area contributed by atoms with Gasteiger partial charge in [-0.05, 0) is 53.4 Å². The Labute approximate surface area is 381 Å². The molecule has 4 rings (SSSR count). The van der Waals surface area contributed by atoms with Gasteiger partial charge in [-0.1, -0.05) is 116 Å². The highest BCUT2D eigenvalue weighted by molar-refractivity contribution is 5.87. The molecule has 1 unspecified atom stereocenters. The van der Waals surface area contributed by atoms with Gasteiger partial charge in [-0.2, -0.15) is 0 Å². The molecule has 65 heavy (non-hydrogen) atoms. The molecule has 1 aliphatic rings. The fourth-order valence-electron chi connectivity index (χ4n) is 6.59. The number of rotatable bonds is 19. The number of amides is 4. The number of nitrogens with zero attached hydrogens (tertiary/aromatic N) is 2. The Balaban J connectivity index is 1.82. The standard InChI is InChI=1S/C47H65N7O11/c1-29(2)40(64-41(57)47(48)23-24-47)65-44(60)63-35(34(26-30-16-12-11-13-17-30)50-38(55)36(45(3,4)5)51-42(58)61-9)28-54(53-39(56)37(46(6,7)8)52-43(59)62-10)27-31-19-21-32(22-20-31)33-18-14-15-25-49-33/h11-22,25,29,34-37,40H,23-24,26-28,48H2,1-10H3,(H,50,55)(H,51,58)(H,52,59)(H,53,56)/t34-,35-,36+,37+,40?/m0/s1. The Morgan fingerprint density at radius 3 is 1.80 bits per heavy atom. The summed E-state index contributed by atoms with van der Waals surface area (Å²) in [6.07, 6.45) is -3.04. The first kappa shape index (κ1) is 51.4. The molecule has 0 saturated heterocycles. The first-order valence-electron chi connectivity index (χ1n) is 21.5. The first-order chi connectivity index (χ1) is 30.5. The summed E-state index contributed by atoms with van der Waals surface area (Å²) in [6.45, 7) is 13.7. The number of pyridine rings is 1. The Hall–Kier alpha value is -6.27. The van der Waals surface area contributed by atoms with Crippen LogP contribution in [0.5, 0.6) is 0 Å². The zero-order valence-corrected chi connectivity index (χ0v) is 39.0. The Bertz CT molecular complexity index is 2070. The van der Waals surface area contributed by atoms with Gasteiger partial charge in [-0.15, -0.1) is 0 Å². The zero-order chi connectivity index (χ0) is 48.1. The molecule has 1 aliphatic carbocycles. The van der Waals surface area contributed by atoms with Gasteiger partial charge in [0.2, 0.25) is 5.91 Å². The molecule has 2 aromatic carbocycles. The van der Waals surface area contributed by atoms with Gasteiger partial charge in [0.25, 0.3) is 12.2 Å². The van der Waals surface area contributed by atoms with Crippen LogP contribution in [-0.2, 0) is 51.0 Å². The van der Waals surface area contributed by atoms with Gasteiger partial charge in [-0.3, -0.25) is 20.0 Å². The predicted octanol–water partition coefficient (Wildman–Crippen LogP) is 5.39. The lowest BCUT2D eigenvalue weighted by Gasteiger charge is -2.37. The lowest BCUT2D eigenvalue weighted by Crippen LogP contribution is -2.61. The minimum atomic E-state index is -1.39. The number of nitrogens with one attached hydrogen (secondary N) is 4. The van der Waals surface area contributed by atoms with Crippen LogP contribution < -0.4 is 27.1 Å². The highest BCUT2D eigenvalue weighted by atomic mass is 16.8. The number of hydrazine groups is 1. The first-order valence-corrected chi connectivity index (χ1v) is 21.5. The summed E-state index contributed by atoms with van der Waals surface area (Å²) in [5.41, 5.74) is 9.21. The highest BCUT2D eigenvalue weighted by Gasteiger charge is 2.49. The second kappa shape index (κ2) is 22.6. The summed E-state index contributed by atoms with van der Waals surface area (Å²) in [6, 6.07) is 18.8. The van der Waals surface area contributed by atoms with E-state index in [1.807, 2.05) is 72.8 Å². The lowest BCUT2D eigenvalue weighted by atomic mass is 9.85. The smallest absolute Gasteiger partial charge is 0.453 e. The molecule has 5 atom stereocenters. The summed E-state index contributed by atoms with van der Waals surface area (Å²) in [5, 5.41) is 9.73. The third kappa shape index (κ3) is 15.7. The van der Waals surface area contributed by atoms with Gasteiger partial charge in [0, 0.05) is 24.2 Å². The van der Waals surface area contributed by atoms with Crippen molar-refractivity contribution in [2.45, 2.75) is 117 Å². The fraction of sp³-hybridized carbons (Fsp3) is 0.511. The number of hydrogen-bond acceptors (Lipinski definition) is 14. The molecule has 0 radical (unpaired) electrons. The van der Waals surface area contributed by atoms with Gasteiger partial charge >= 0.3 is 24.3 Å². The summed E-state index contributed by atoms with van der Waals surface area (Å²) >= 11 is 0. The van der Waals surface area contributed by atoms with Crippen LogP contribution in [0.2, 0.25) is 0 Å². The van der Waals surface area contributed by atoms with Crippen molar-refractivity contribution in [3.05, 3.63) is 90.1 Å². The van der Waals surface area contributed by atoms with Gasteiger partial charge in [0.05, 0.1) is 32.5 Å². The number of carbonyl (C=O) groups is 6. The number of nitrogens with two attached hydrogens (primary N) is 1. The molecule has 1 aromatic heterocycles. The molecule has 1 fully saturated rings. The fourth-order valence-corrected chi connectivity index (χ4v) is 6.59. The van der Waals surface area contributed by atoms with E-state index in [9.17, 15) is 28.8 Å². The minimum Gasteiger partial charge on any atom is -0.453 e. The average Bonchev–Trinajstić information content (AvgIpc) is 4.01. The molecule has 1 saturated carbocycles. The van der Waals surface area contributed by atoms with Gasteiger partial charge in [0.15, 0.2) is 0 Å². The highest BCUT2D eigenvalue weighted by Crippen LogP contribution is 2.34. The largest absolute Gasteiger partial charge is 0.511 e. The molecule has 0 aliphatic heterocycles. The van der Waals surface area contributed by atoms with Crippen LogP contribution in [0.3, 0.4) is 0 Å².